The highest BCUT2D eigenvalue weighted by molar-refractivity contribution is 7.90. The van der Waals surface area contributed by atoms with Gasteiger partial charge in [-0.25, -0.2) is 8.42 Å². The number of nitrogens with zero attached hydrogens (tertiary/aromatic N) is 2. The van der Waals surface area contributed by atoms with Gasteiger partial charge >= 0.3 is 0 Å². The summed E-state index contributed by atoms with van der Waals surface area (Å²) in [5.41, 5.74) is 1.22. The summed E-state index contributed by atoms with van der Waals surface area (Å²) >= 11 is 0. The maximum absolute atomic E-state index is 11.4. The van der Waals surface area contributed by atoms with Gasteiger partial charge in [0.05, 0.1) is 18.9 Å². The van der Waals surface area contributed by atoms with Gasteiger partial charge in [-0.1, -0.05) is 12.1 Å². The summed E-state index contributed by atoms with van der Waals surface area (Å²) in [5, 5.41) is 6.71. The fraction of sp³-hybridized carbons (Fsp3) is 0.650. The van der Waals surface area contributed by atoms with Crippen molar-refractivity contribution in [2.45, 2.75) is 38.3 Å². The van der Waals surface area contributed by atoms with Crippen LogP contribution in [0.15, 0.2) is 29.3 Å². The molecule has 0 radical (unpaired) electrons. The number of nitrogens with one attached hydrogen (secondary N) is 2. The first-order valence-corrected chi connectivity index (χ1v) is 11.9. The summed E-state index contributed by atoms with van der Waals surface area (Å²) in [6, 6.07) is 8.46. The first kappa shape index (κ1) is 22.5. The van der Waals surface area contributed by atoms with Gasteiger partial charge in [-0.2, -0.15) is 0 Å². The Labute approximate surface area is 169 Å². The number of guanidine groups is 1. The molecule has 0 aromatic heterocycles. The third kappa shape index (κ3) is 7.31. The van der Waals surface area contributed by atoms with Crippen LogP contribution in [-0.2, 0) is 9.84 Å². The van der Waals surface area contributed by atoms with E-state index in [-0.39, 0.29) is 17.8 Å². The molecule has 0 bridgehead atoms. The Balaban J connectivity index is 2.00. The Morgan fingerprint density at radius 1 is 1.32 bits per heavy atom. The van der Waals surface area contributed by atoms with Crippen molar-refractivity contribution in [3.8, 4) is 5.75 Å². The van der Waals surface area contributed by atoms with E-state index in [0.717, 1.165) is 18.8 Å². The zero-order valence-corrected chi connectivity index (χ0v) is 18.3. The van der Waals surface area contributed by atoms with Gasteiger partial charge in [-0.3, -0.25) is 9.89 Å². The monoisotopic (exact) mass is 410 g/mol. The van der Waals surface area contributed by atoms with Crippen molar-refractivity contribution in [2.75, 3.05) is 45.8 Å². The van der Waals surface area contributed by atoms with Crippen LogP contribution in [0.25, 0.3) is 0 Å². The molecular weight excluding hydrogens is 376 g/mol. The summed E-state index contributed by atoms with van der Waals surface area (Å²) in [7, 11) is 0.458. The Hall–Kier alpha value is -1.80. The number of sulfone groups is 1. The Kier molecular flexibility index (Phi) is 8.57. The Bertz CT molecular complexity index is 746. The number of rotatable bonds is 9. The van der Waals surface area contributed by atoms with E-state index in [2.05, 4.69) is 32.7 Å². The van der Waals surface area contributed by atoms with E-state index in [9.17, 15) is 8.42 Å². The molecule has 1 aliphatic rings. The van der Waals surface area contributed by atoms with E-state index in [1.54, 1.807) is 14.2 Å². The SMILES string of the molecule is CN=C(NCC(c1cccc(OC)c1)N1CCCC1)NC(C)CCS(C)(=O)=O. The lowest BCUT2D eigenvalue weighted by atomic mass is 10.1. The van der Waals surface area contributed by atoms with E-state index in [0.29, 0.717) is 18.9 Å². The largest absolute Gasteiger partial charge is 0.497 e. The van der Waals surface area contributed by atoms with Crippen LogP contribution in [0, 0.1) is 0 Å². The van der Waals surface area contributed by atoms with Gasteiger partial charge < -0.3 is 15.4 Å². The molecule has 1 heterocycles. The molecule has 158 valence electrons. The zero-order valence-electron chi connectivity index (χ0n) is 17.4. The van der Waals surface area contributed by atoms with Gasteiger partial charge in [0, 0.05) is 25.9 Å². The molecule has 2 N–H and O–H groups in total. The molecule has 1 aromatic carbocycles. The predicted molar refractivity (Wildman–Crippen MR) is 115 cm³/mol. The molecule has 1 aromatic rings. The molecule has 0 spiro atoms. The second kappa shape index (κ2) is 10.7. The Morgan fingerprint density at radius 2 is 2.04 bits per heavy atom. The summed E-state index contributed by atoms with van der Waals surface area (Å²) in [4.78, 5) is 6.79. The van der Waals surface area contributed by atoms with E-state index >= 15 is 0 Å². The van der Waals surface area contributed by atoms with Crippen LogP contribution in [-0.4, -0.2) is 71.1 Å². The minimum Gasteiger partial charge on any atom is -0.497 e. The normalized spacial score (nSPS) is 17.9. The van der Waals surface area contributed by atoms with Crippen molar-refractivity contribution < 1.29 is 13.2 Å². The van der Waals surface area contributed by atoms with Crippen LogP contribution in [0.3, 0.4) is 0 Å². The number of aliphatic imine (C=N–C) groups is 1. The van der Waals surface area contributed by atoms with Crippen molar-refractivity contribution in [3.63, 3.8) is 0 Å². The molecule has 0 aliphatic carbocycles. The average Bonchev–Trinajstić information content (AvgIpc) is 3.19. The summed E-state index contributed by atoms with van der Waals surface area (Å²) in [6.45, 7) is 4.85. The van der Waals surface area contributed by atoms with E-state index in [4.69, 9.17) is 4.74 Å². The second-order valence-corrected chi connectivity index (χ2v) is 9.71. The van der Waals surface area contributed by atoms with Crippen LogP contribution < -0.4 is 15.4 Å². The number of hydrogen-bond acceptors (Lipinski definition) is 5. The van der Waals surface area contributed by atoms with Crippen LogP contribution in [0.1, 0.15) is 37.8 Å². The lowest BCUT2D eigenvalue weighted by Gasteiger charge is -2.29. The minimum absolute atomic E-state index is 0.0166. The van der Waals surface area contributed by atoms with Gasteiger partial charge in [-0.05, 0) is 57.0 Å². The van der Waals surface area contributed by atoms with Crippen LogP contribution in [0.4, 0.5) is 0 Å². The van der Waals surface area contributed by atoms with Crippen molar-refractivity contribution in [2.24, 2.45) is 4.99 Å². The van der Waals surface area contributed by atoms with Gasteiger partial charge in [-0.15, -0.1) is 0 Å². The molecule has 2 atom stereocenters. The molecular formula is C20H34N4O3S. The number of ether oxygens (including phenoxy) is 1. The summed E-state index contributed by atoms with van der Waals surface area (Å²) in [5.74, 6) is 1.71. The van der Waals surface area contributed by atoms with Crippen molar-refractivity contribution >= 4 is 15.8 Å². The number of hydrogen-bond donors (Lipinski definition) is 2. The topological polar surface area (TPSA) is 83.0 Å². The van der Waals surface area contributed by atoms with Crippen LogP contribution >= 0.6 is 0 Å². The first-order chi connectivity index (χ1) is 13.3. The molecule has 1 fully saturated rings. The lowest BCUT2D eigenvalue weighted by Crippen LogP contribution is -2.46. The van der Waals surface area contributed by atoms with Gasteiger partial charge in [0.2, 0.25) is 0 Å². The van der Waals surface area contributed by atoms with E-state index in [1.807, 2.05) is 19.1 Å². The highest BCUT2D eigenvalue weighted by atomic mass is 32.2. The minimum atomic E-state index is -2.96. The predicted octanol–water partition coefficient (Wildman–Crippen LogP) is 1.82. The van der Waals surface area contributed by atoms with Crippen molar-refractivity contribution in [3.05, 3.63) is 29.8 Å². The highest BCUT2D eigenvalue weighted by Crippen LogP contribution is 2.27. The molecule has 1 aliphatic heterocycles. The first-order valence-electron chi connectivity index (χ1n) is 9.85. The smallest absolute Gasteiger partial charge is 0.191 e. The van der Waals surface area contributed by atoms with Crippen LogP contribution in [0.5, 0.6) is 5.75 Å². The zero-order chi connectivity index (χ0) is 20.6. The maximum Gasteiger partial charge on any atom is 0.191 e. The molecule has 7 nitrogen and oxygen atoms in total. The fourth-order valence-electron chi connectivity index (χ4n) is 3.44. The Morgan fingerprint density at radius 3 is 2.64 bits per heavy atom. The maximum atomic E-state index is 11.4. The molecule has 0 amide bonds. The van der Waals surface area contributed by atoms with Gasteiger partial charge in [0.15, 0.2) is 5.96 Å². The standard InChI is InChI=1S/C20H34N4O3S/c1-16(10-13-28(4,25)26)23-20(21-2)22-15-19(24-11-5-6-12-24)17-8-7-9-18(14-17)27-3/h7-9,14,16,19H,5-6,10-13,15H2,1-4H3,(H2,21,22,23). The lowest BCUT2D eigenvalue weighted by molar-refractivity contribution is 0.244. The van der Waals surface area contributed by atoms with Crippen LogP contribution in [0.2, 0.25) is 0 Å². The highest BCUT2D eigenvalue weighted by Gasteiger charge is 2.24. The van der Waals surface area contributed by atoms with Gasteiger partial charge in [0.1, 0.15) is 15.6 Å². The molecule has 8 heteroatoms. The van der Waals surface area contributed by atoms with Gasteiger partial charge in [0.25, 0.3) is 0 Å². The molecule has 2 unspecified atom stereocenters. The van der Waals surface area contributed by atoms with Crippen molar-refractivity contribution in [1.29, 1.82) is 0 Å². The van der Waals surface area contributed by atoms with E-state index < -0.39 is 9.84 Å². The number of likely N-dealkylation sites (tertiary alicyclic amines) is 1. The average molecular weight is 411 g/mol. The molecule has 0 saturated carbocycles. The fourth-order valence-corrected chi connectivity index (χ4v) is 4.23. The summed E-state index contributed by atoms with van der Waals surface area (Å²) < 4.78 is 28.1. The third-order valence-electron chi connectivity index (χ3n) is 5.05. The summed E-state index contributed by atoms with van der Waals surface area (Å²) in [6.07, 6.45) is 4.25. The van der Waals surface area contributed by atoms with E-state index in [1.165, 1.54) is 24.7 Å². The number of methoxy groups -OCH3 is 1. The number of benzene rings is 1. The molecule has 28 heavy (non-hydrogen) atoms. The molecule has 2 rings (SSSR count). The molecule has 1 saturated heterocycles. The van der Waals surface area contributed by atoms with Crippen molar-refractivity contribution in [1.82, 2.24) is 15.5 Å². The third-order valence-corrected chi connectivity index (χ3v) is 6.03. The quantitative estimate of drug-likeness (QED) is 0.477. The second-order valence-electron chi connectivity index (χ2n) is 7.45.